The highest BCUT2D eigenvalue weighted by Crippen LogP contribution is 2.18. The van der Waals surface area contributed by atoms with Gasteiger partial charge in [-0.15, -0.1) is 0 Å². The van der Waals surface area contributed by atoms with Crippen LogP contribution in [0.3, 0.4) is 0 Å². The van der Waals surface area contributed by atoms with E-state index in [0.717, 1.165) is 11.8 Å². The molecule has 0 fully saturated rings. The van der Waals surface area contributed by atoms with Crippen molar-refractivity contribution in [2.24, 2.45) is 28.7 Å². The van der Waals surface area contributed by atoms with Crippen molar-refractivity contribution in [1.82, 2.24) is 0 Å². The highest BCUT2D eigenvalue weighted by atomic mass is 14.8. The first-order valence-corrected chi connectivity index (χ1v) is 5.89. The number of aliphatic imine (C=N–C) groups is 1. The van der Waals surface area contributed by atoms with Gasteiger partial charge < -0.3 is 0 Å². The van der Waals surface area contributed by atoms with Crippen LogP contribution in [0.5, 0.6) is 0 Å². The lowest BCUT2D eigenvalue weighted by atomic mass is 9.87. The standard InChI is InChI=1S/C13H27N/c1-9(2)12(6)11(5)8-14-13(7)10(3)4/h8-13H,1-7H3. The zero-order valence-electron chi connectivity index (χ0n) is 10.9. The molecule has 0 aliphatic rings. The van der Waals surface area contributed by atoms with Crippen LogP contribution in [-0.2, 0) is 0 Å². The summed E-state index contributed by atoms with van der Waals surface area (Å²) < 4.78 is 0. The highest BCUT2D eigenvalue weighted by Gasteiger charge is 2.14. The van der Waals surface area contributed by atoms with Crippen LogP contribution in [0.1, 0.15) is 48.5 Å². The second-order valence-corrected chi connectivity index (χ2v) is 5.25. The fourth-order valence-corrected chi connectivity index (χ4v) is 1.19. The lowest BCUT2D eigenvalue weighted by molar-refractivity contribution is 0.360. The van der Waals surface area contributed by atoms with Gasteiger partial charge >= 0.3 is 0 Å². The van der Waals surface area contributed by atoms with Gasteiger partial charge in [0.05, 0.1) is 0 Å². The summed E-state index contributed by atoms with van der Waals surface area (Å²) in [4.78, 5) is 4.60. The molecule has 0 radical (unpaired) electrons. The van der Waals surface area contributed by atoms with E-state index in [9.17, 15) is 0 Å². The van der Waals surface area contributed by atoms with Crippen molar-refractivity contribution in [2.75, 3.05) is 0 Å². The number of nitrogens with zero attached hydrogens (tertiary/aromatic N) is 1. The van der Waals surface area contributed by atoms with E-state index < -0.39 is 0 Å². The van der Waals surface area contributed by atoms with E-state index in [1.165, 1.54) is 0 Å². The van der Waals surface area contributed by atoms with Crippen molar-refractivity contribution < 1.29 is 0 Å². The molecule has 0 spiro atoms. The van der Waals surface area contributed by atoms with Gasteiger partial charge in [-0.05, 0) is 30.6 Å². The molecular weight excluding hydrogens is 170 g/mol. The second kappa shape index (κ2) is 6.21. The van der Waals surface area contributed by atoms with Crippen LogP contribution in [0.4, 0.5) is 0 Å². The van der Waals surface area contributed by atoms with Crippen LogP contribution in [0.25, 0.3) is 0 Å². The van der Waals surface area contributed by atoms with E-state index in [-0.39, 0.29) is 0 Å². The fourth-order valence-electron chi connectivity index (χ4n) is 1.19. The molecule has 0 aromatic carbocycles. The Morgan fingerprint density at radius 3 is 1.64 bits per heavy atom. The third-order valence-corrected chi connectivity index (χ3v) is 3.40. The highest BCUT2D eigenvalue weighted by molar-refractivity contribution is 5.60. The van der Waals surface area contributed by atoms with E-state index >= 15 is 0 Å². The lowest BCUT2D eigenvalue weighted by Crippen LogP contribution is -2.17. The van der Waals surface area contributed by atoms with Gasteiger partial charge in [-0.1, -0.05) is 41.5 Å². The molecule has 3 atom stereocenters. The Morgan fingerprint density at radius 1 is 0.786 bits per heavy atom. The molecule has 0 heterocycles. The largest absolute Gasteiger partial charge is 0.294 e. The zero-order valence-corrected chi connectivity index (χ0v) is 10.9. The summed E-state index contributed by atoms with van der Waals surface area (Å²) in [6.07, 6.45) is 2.15. The van der Waals surface area contributed by atoms with Gasteiger partial charge in [0.2, 0.25) is 0 Å². The topological polar surface area (TPSA) is 12.4 Å². The quantitative estimate of drug-likeness (QED) is 0.590. The molecule has 0 saturated carbocycles. The van der Waals surface area contributed by atoms with E-state index in [1.54, 1.807) is 0 Å². The van der Waals surface area contributed by atoms with Gasteiger partial charge in [0.1, 0.15) is 0 Å². The molecule has 14 heavy (non-hydrogen) atoms. The molecule has 1 nitrogen and oxygen atoms in total. The van der Waals surface area contributed by atoms with Gasteiger partial charge in [0, 0.05) is 12.3 Å². The van der Waals surface area contributed by atoms with Crippen molar-refractivity contribution in [2.45, 2.75) is 54.5 Å². The summed E-state index contributed by atoms with van der Waals surface area (Å²) in [6.45, 7) is 15.8. The Morgan fingerprint density at radius 2 is 1.29 bits per heavy atom. The van der Waals surface area contributed by atoms with Crippen molar-refractivity contribution in [3.63, 3.8) is 0 Å². The Labute approximate surface area is 90.0 Å². The zero-order chi connectivity index (χ0) is 11.3. The van der Waals surface area contributed by atoms with Gasteiger partial charge in [-0.25, -0.2) is 0 Å². The molecule has 0 aromatic rings. The first-order valence-electron chi connectivity index (χ1n) is 5.89. The molecule has 0 aromatic heterocycles. The average molecular weight is 197 g/mol. The third-order valence-electron chi connectivity index (χ3n) is 3.40. The maximum Gasteiger partial charge on any atom is 0.0490 e. The molecule has 0 aliphatic heterocycles. The molecule has 84 valence electrons. The molecular formula is C13H27N. The summed E-state index contributed by atoms with van der Waals surface area (Å²) in [5, 5.41) is 0. The van der Waals surface area contributed by atoms with E-state index in [0.29, 0.717) is 17.9 Å². The maximum atomic E-state index is 4.60. The smallest absolute Gasteiger partial charge is 0.0490 e. The third kappa shape index (κ3) is 4.78. The fraction of sp³-hybridized carbons (Fsp3) is 0.923. The van der Waals surface area contributed by atoms with E-state index in [2.05, 4.69) is 59.7 Å². The first kappa shape index (κ1) is 13.7. The minimum absolute atomic E-state index is 0.455. The molecule has 0 saturated heterocycles. The number of hydrogen-bond donors (Lipinski definition) is 0. The van der Waals surface area contributed by atoms with Gasteiger partial charge in [-0.3, -0.25) is 4.99 Å². The number of rotatable bonds is 5. The van der Waals surface area contributed by atoms with Crippen LogP contribution in [0, 0.1) is 23.7 Å². The Balaban J connectivity index is 4.10. The summed E-state index contributed by atoms with van der Waals surface area (Å²) in [5.41, 5.74) is 0. The van der Waals surface area contributed by atoms with E-state index in [1.807, 2.05) is 0 Å². The molecule has 0 aliphatic carbocycles. The molecule has 1 heteroatoms. The van der Waals surface area contributed by atoms with Crippen molar-refractivity contribution >= 4 is 6.21 Å². The molecule has 0 rings (SSSR count). The Bertz CT molecular complexity index is 170. The summed E-state index contributed by atoms with van der Waals surface area (Å²) in [7, 11) is 0. The van der Waals surface area contributed by atoms with Gasteiger partial charge in [0.25, 0.3) is 0 Å². The molecule has 3 unspecified atom stereocenters. The first-order chi connectivity index (χ1) is 6.36. The van der Waals surface area contributed by atoms with Gasteiger partial charge in [-0.2, -0.15) is 0 Å². The normalized spacial score (nSPS) is 19.2. The predicted octanol–water partition coefficient (Wildman–Crippen LogP) is 4.03. The summed E-state index contributed by atoms with van der Waals surface area (Å²) in [6, 6.07) is 0.455. The summed E-state index contributed by atoms with van der Waals surface area (Å²) >= 11 is 0. The van der Waals surface area contributed by atoms with Crippen molar-refractivity contribution in [3.05, 3.63) is 0 Å². The van der Waals surface area contributed by atoms with Crippen LogP contribution in [-0.4, -0.2) is 12.3 Å². The van der Waals surface area contributed by atoms with Crippen molar-refractivity contribution in [3.8, 4) is 0 Å². The lowest BCUT2D eigenvalue weighted by Gasteiger charge is -2.20. The Hall–Kier alpha value is -0.330. The molecule has 0 bridgehead atoms. The SMILES string of the molecule is CC(C)C(C)N=CC(C)C(C)C(C)C. The molecule has 0 N–H and O–H groups in total. The molecule has 0 amide bonds. The Kier molecular flexibility index (Phi) is 6.06. The predicted molar refractivity (Wildman–Crippen MR) is 66.0 cm³/mol. The average Bonchev–Trinajstić information content (AvgIpc) is 2.11. The van der Waals surface area contributed by atoms with E-state index in [4.69, 9.17) is 0 Å². The minimum Gasteiger partial charge on any atom is -0.294 e. The maximum absolute atomic E-state index is 4.60. The monoisotopic (exact) mass is 197 g/mol. The van der Waals surface area contributed by atoms with Crippen LogP contribution < -0.4 is 0 Å². The van der Waals surface area contributed by atoms with Crippen LogP contribution in [0.2, 0.25) is 0 Å². The second-order valence-electron chi connectivity index (χ2n) is 5.25. The number of hydrogen-bond acceptors (Lipinski definition) is 1. The van der Waals surface area contributed by atoms with Crippen molar-refractivity contribution in [1.29, 1.82) is 0 Å². The minimum atomic E-state index is 0.455. The van der Waals surface area contributed by atoms with Crippen LogP contribution >= 0.6 is 0 Å². The van der Waals surface area contributed by atoms with Gasteiger partial charge in [0.15, 0.2) is 0 Å². The summed E-state index contributed by atoms with van der Waals surface area (Å²) in [5.74, 6) is 2.70. The van der Waals surface area contributed by atoms with Crippen LogP contribution in [0.15, 0.2) is 4.99 Å².